The Morgan fingerprint density at radius 3 is 2.36 bits per heavy atom. The number of carboxylic acids is 1. The van der Waals surface area contributed by atoms with Crippen LogP contribution in [0, 0.1) is 23.7 Å². The Morgan fingerprint density at radius 1 is 1.00 bits per heavy atom. The third kappa shape index (κ3) is 3.43. The summed E-state index contributed by atoms with van der Waals surface area (Å²) in [5.74, 6) is -3.19. The zero-order valence-corrected chi connectivity index (χ0v) is 16.2. The molecule has 144 valence electrons. The van der Waals surface area contributed by atoms with Gasteiger partial charge in [-0.25, -0.2) is 0 Å². The molecule has 0 aliphatic heterocycles. The number of rotatable bonds is 5. The lowest BCUT2D eigenvalue weighted by atomic mass is 9.82. The number of anilines is 2. The molecule has 6 nitrogen and oxygen atoms in total. The van der Waals surface area contributed by atoms with E-state index < -0.39 is 17.8 Å². The van der Waals surface area contributed by atoms with E-state index in [1.54, 1.807) is 35.7 Å². The highest BCUT2D eigenvalue weighted by Gasteiger charge is 2.51. The molecule has 1 heterocycles. The van der Waals surface area contributed by atoms with Crippen LogP contribution in [-0.2, 0) is 9.59 Å². The van der Waals surface area contributed by atoms with Crippen LogP contribution in [-0.4, -0.2) is 22.9 Å². The van der Waals surface area contributed by atoms with Gasteiger partial charge in [-0.2, -0.15) is 0 Å². The molecule has 4 atom stereocenters. The number of carbonyl (C=O) groups excluding carboxylic acids is 2. The zero-order chi connectivity index (χ0) is 19.8. The number of nitrogens with one attached hydrogen (secondary N) is 2. The van der Waals surface area contributed by atoms with Gasteiger partial charge >= 0.3 is 5.97 Å². The Kier molecular flexibility index (Phi) is 4.95. The maximum Gasteiger partial charge on any atom is 0.307 e. The molecular formula is C20H17ClN2O4S. The topological polar surface area (TPSA) is 95.5 Å². The molecule has 28 heavy (non-hydrogen) atoms. The van der Waals surface area contributed by atoms with Gasteiger partial charge in [0.1, 0.15) is 5.00 Å². The molecule has 0 unspecified atom stereocenters. The van der Waals surface area contributed by atoms with Crippen molar-refractivity contribution in [1.82, 2.24) is 0 Å². The molecule has 4 rings (SSSR count). The smallest absolute Gasteiger partial charge is 0.307 e. The van der Waals surface area contributed by atoms with Crippen molar-refractivity contribution < 1.29 is 19.5 Å². The fourth-order valence-electron chi connectivity index (χ4n) is 4.03. The van der Waals surface area contributed by atoms with Crippen molar-refractivity contribution in [2.24, 2.45) is 23.7 Å². The number of thiophene rings is 1. The van der Waals surface area contributed by atoms with Crippen LogP contribution in [0.5, 0.6) is 0 Å². The second-order valence-corrected chi connectivity index (χ2v) is 8.30. The average Bonchev–Trinajstić information content (AvgIpc) is 3.38. The normalized spacial score (nSPS) is 24.9. The minimum atomic E-state index is -0.955. The van der Waals surface area contributed by atoms with E-state index in [-0.39, 0.29) is 23.7 Å². The molecule has 2 aliphatic rings. The number of hydrogen-bond acceptors (Lipinski definition) is 4. The van der Waals surface area contributed by atoms with Crippen LogP contribution >= 0.6 is 22.9 Å². The van der Waals surface area contributed by atoms with Crippen molar-refractivity contribution in [3.63, 3.8) is 0 Å². The van der Waals surface area contributed by atoms with Crippen LogP contribution in [0.15, 0.2) is 47.9 Å². The molecule has 1 aromatic carbocycles. The Balaban J connectivity index is 1.49. The van der Waals surface area contributed by atoms with E-state index in [2.05, 4.69) is 10.6 Å². The largest absolute Gasteiger partial charge is 0.481 e. The SMILES string of the molecule is O=C(Nc1ccc(Cl)cc1)c1ccsc1NC(=O)[C@@H]1[C@@H](C(=O)O)[C@@H]2C=C[C@H]1C2. The first-order chi connectivity index (χ1) is 13.4. The molecule has 0 saturated heterocycles. The fraction of sp³-hybridized carbons (Fsp3) is 0.250. The lowest BCUT2D eigenvalue weighted by Gasteiger charge is -2.23. The van der Waals surface area contributed by atoms with Gasteiger partial charge in [-0.1, -0.05) is 23.8 Å². The maximum absolute atomic E-state index is 12.8. The van der Waals surface area contributed by atoms with Crippen LogP contribution in [0.1, 0.15) is 16.8 Å². The highest BCUT2D eigenvalue weighted by atomic mass is 35.5. The summed E-state index contributed by atoms with van der Waals surface area (Å²) < 4.78 is 0. The number of carboxylic acid groups (broad SMARTS) is 1. The molecule has 8 heteroatoms. The second kappa shape index (κ2) is 7.41. The number of halogens is 1. The summed E-state index contributed by atoms with van der Waals surface area (Å²) in [4.78, 5) is 37.1. The quantitative estimate of drug-likeness (QED) is 0.639. The van der Waals surface area contributed by atoms with Crippen molar-refractivity contribution in [3.8, 4) is 0 Å². The van der Waals surface area contributed by atoms with Gasteiger partial charge in [0.05, 0.1) is 17.4 Å². The van der Waals surface area contributed by atoms with Crippen molar-refractivity contribution in [2.45, 2.75) is 6.42 Å². The molecule has 1 fully saturated rings. The summed E-state index contributed by atoms with van der Waals surface area (Å²) in [5.41, 5.74) is 0.918. The minimum absolute atomic E-state index is 0.0718. The third-order valence-corrected chi connectivity index (χ3v) is 6.38. The number of amides is 2. The predicted octanol–water partition coefficient (Wildman–Crippen LogP) is 4.12. The zero-order valence-electron chi connectivity index (χ0n) is 14.6. The van der Waals surface area contributed by atoms with Crippen molar-refractivity contribution >= 4 is 51.4 Å². The van der Waals surface area contributed by atoms with E-state index >= 15 is 0 Å². The summed E-state index contributed by atoms with van der Waals surface area (Å²) in [6.07, 6.45) is 4.50. The Hall–Kier alpha value is -2.64. The molecule has 2 bridgehead atoms. The average molecular weight is 417 g/mol. The predicted molar refractivity (Wildman–Crippen MR) is 108 cm³/mol. The fourth-order valence-corrected chi connectivity index (χ4v) is 4.94. The van der Waals surface area contributed by atoms with Gasteiger partial charge in [0.15, 0.2) is 0 Å². The van der Waals surface area contributed by atoms with Gasteiger partial charge in [-0.3, -0.25) is 14.4 Å². The number of benzene rings is 1. The number of carbonyl (C=O) groups is 3. The molecular weight excluding hydrogens is 400 g/mol. The Bertz CT molecular complexity index is 969. The molecule has 2 aromatic rings. The summed E-state index contributed by atoms with van der Waals surface area (Å²) in [6.45, 7) is 0. The molecule has 1 aromatic heterocycles. The molecule has 2 aliphatic carbocycles. The highest BCUT2D eigenvalue weighted by Crippen LogP contribution is 2.48. The van der Waals surface area contributed by atoms with Crippen LogP contribution < -0.4 is 10.6 Å². The number of allylic oxidation sites excluding steroid dienone is 2. The first kappa shape index (κ1) is 18.7. The lowest BCUT2D eigenvalue weighted by Crippen LogP contribution is -2.36. The number of hydrogen-bond donors (Lipinski definition) is 3. The van der Waals surface area contributed by atoms with E-state index in [1.807, 2.05) is 12.2 Å². The van der Waals surface area contributed by atoms with Crippen molar-refractivity contribution in [3.05, 3.63) is 58.5 Å². The van der Waals surface area contributed by atoms with Crippen LogP contribution in [0.4, 0.5) is 10.7 Å². The number of aliphatic carboxylic acids is 1. The van der Waals surface area contributed by atoms with Crippen LogP contribution in [0.25, 0.3) is 0 Å². The van der Waals surface area contributed by atoms with E-state index in [1.165, 1.54) is 11.3 Å². The van der Waals surface area contributed by atoms with Crippen LogP contribution in [0.2, 0.25) is 5.02 Å². The van der Waals surface area contributed by atoms with Gasteiger partial charge in [0, 0.05) is 10.7 Å². The van der Waals surface area contributed by atoms with E-state index in [0.717, 1.165) is 0 Å². The molecule has 3 N–H and O–H groups in total. The summed E-state index contributed by atoms with van der Waals surface area (Å²) in [7, 11) is 0. The first-order valence-electron chi connectivity index (χ1n) is 8.80. The molecule has 0 radical (unpaired) electrons. The van der Waals surface area contributed by atoms with Gasteiger partial charge < -0.3 is 15.7 Å². The lowest BCUT2D eigenvalue weighted by molar-refractivity contribution is -0.146. The second-order valence-electron chi connectivity index (χ2n) is 6.95. The summed E-state index contributed by atoms with van der Waals surface area (Å²) in [5, 5.41) is 17.7. The standard InChI is InChI=1S/C20H17ClN2O4S/c21-12-3-5-13(6-4-12)22-17(24)14-7-8-28-19(14)23-18(25)15-10-1-2-11(9-10)16(15)20(26)27/h1-8,10-11,15-16H,9H2,(H,22,24)(H,23,25)(H,26,27)/t10-,11+,15-,16-/m0/s1. The monoisotopic (exact) mass is 416 g/mol. The molecule has 0 spiro atoms. The van der Waals surface area contributed by atoms with Gasteiger partial charge in [-0.05, 0) is 54.0 Å². The molecule has 1 saturated carbocycles. The highest BCUT2D eigenvalue weighted by molar-refractivity contribution is 7.14. The van der Waals surface area contributed by atoms with Gasteiger partial charge in [-0.15, -0.1) is 11.3 Å². The Morgan fingerprint density at radius 2 is 1.68 bits per heavy atom. The van der Waals surface area contributed by atoms with E-state index in [0.29, 0.717) is 27.7 Å². The Labute approximate surface area is 170 Å². The minimum Gasteiger partial charge on any atom is -0.481 e. The van der Waals surface area contributed by atoms with Gasteiger partial charge in [0.2, 0.25) is 5.91 Å². The van der Waals surface area contributed by atoms with E-state index in [4.69, 9.17) is 11.6 Å². The van der Waals surface area contributed by atoms with Crippen molar-refractivity contribution in [2.75, 3.05) is 10.6 Å². The van der Waals surface area contributed by atoms with E-state index in [9.17, 15) is 19.5 Å². The third-order valence-electron chi connectivity index (χ3n) is 5.30. The van der Waals surface area contributed by atoms with Crippen molar-refractivity contribution in [1.29, 1.82) is 0 Å². The molecule has 2 amide bonds. The number of fused-ring (bicyclic) bond motifs is 2. The maximum atomic E-state index is 12.8. The van der Waals surface area contributed by atoms with Gasteiger partial charge in [0.25, 0.3) is 5.91 Å². The van der Waals surface area contributed by atoms with Crippen LogP contribution in [0.3, 0.4) is 0 Å². The summed E-state index contributed by atoms with van der Waals surface area (Å²) >= 11 is 7.08. The first-order valence-corrected chi connectivity index (χ1v) is 10.1. The summed E-state index contributed by atoms with van der Waals surface area (Å²) in [6, 6.07) is 8.33.